The number of phenolic OH excluding ortho intramolecular Hbond substituents is 1. The molecule has 6 nitrogen and oxygen atoms in total. The molecule has 6 heteroatoms. The molecule has 1 aromatic carbocycles. The third kappa shape index (κ3) is 5.25. The van der Waals surface area contributed by atoms with Crippen LogP contribution in [0.3, 0.4) is 0 Å². The lowest BCUT2D eigenvalue weighted by molar-refractivity contribution is -0.128. The lowest BCUT2D eigenvalue weighted by Crippen LogP contribution is -2.45. The van der Waals surface area contributed by atoms with E-state index in [0.29, 0.717) is 6.42 Å². The molecule has 0 saturated heterocycles. The van der Waals surface area contributed by atoms with Crippen molar-refractivity contribution in [3.05, 3.63) is 29.8 Å². The van der Waals surface area contributed by atoms with Gasteiger partial charge in [-0.25, -0.2) is 0 Å². The second-order valence-corrected chi connectivity index (χ2v) is 4.12. The number of phenols is 1. The van der Waals surface area contributed by atoms with Crippen LogP contribution < -0.4 is 11.1 Å². The summed E-state index contributed by atoms with van der Waals surface area (Å²) in [5, 5.41) is 11.8. The predicted molar refractivity (Wildman–Crippen MR) is 70.6 cm³/mol. The van der Waals surface area contributed by atoms with Crippen molar-refractivity contribution in [1.82, 2.24) is 5.32 Å². The highest BCUT2D eigenvalue weighted by Gasteiger charge is 2.15. The molecule has 19 heavy (non-hydrogen) atoms. The fourth-order valence-corrected chi connectivity index (χ4v) is 1.56. The maximum Gasteiger partial charge on any atom is 0.237 e. The van der Waals surface area contributed by atoms with Gasteiger partial charge in [-0.2, -0.15) is 0 Å². The summed E-state index contributed by atoms with van der Waals surface area (Å²) >= 11 is 0. The molecule has 1 aromatic rings. The van der Waals surface area contributed by atoms with Gasteiger partial charge < -0.3 is 25.6 Å². The summed E-state index contributed by atoms with van der Waals surface area (Å²) in [5.41, 5.74) is 6.68. The van der Waals surface area contributed by atoms with E-state index in [4.69, 9.17) is 20.3 Å². The molecule has 1 atom stereocenters. The zero-order valence-electron chi connectivity index (χ0n) is 11.1. The Kier molecular flexibility index (Phi) is 6.27. The minimum atomic E-state index is -0.654. The number of nitrogens with two attached hydrogens (primary N) is 1. The average Bonchev–Trinajstić information content (AvgIpc) is 2.42. The van der Waals surface area contributed by atoms with Gasteiger partial charge in [-0.05, 0) is 24.1 Å². The van der Waals surface area contributed by atoms with E-state index in [1.54, 1.807) is 24.3 Å². The quantitative estimate of drug-likeness (QED) is 0.605. The van der Waals surface area contributed by atoms with Crippen molar-refractivity contribution in [2.45, 2.75) is 18.8 Å². The van der Waals surface area contributed by atoms with Gasteiger partial charge in [-0.1, -0.05) is 12.1 Å². The second kappa shape index (κ2) is 7.73. The molecule has 0 aromatic heterocycles. The number of carbonyl (C=O) groups is 1. The van der Waals surface area contributed by atoms with Crippen molar-refractivity contribution in [1.29, 1.82) is 0 Å². The van der Waals surface area contributed by atoms with Crippen LogP contribution in [0.15, 0.2) is 24.3 Å². The molecule has 0 bridgehead atoms. The van der Waals surface area contributed by atoms with Crippen LogP contribution >= 0.6 is 0 Å². The van der Waals surface area contributed by atoms with Crippen LogP contribution in [0.2, 0.25) is 0 Å². The van der Waals surface area contributed by atoms with E-state index in [-0.39, 0.29) is 18.2 Å². The molecule has 0 saturated carbocycles. The van der Waals surface area contributed by atoms with Crippen LogP contribution in [0, 0.1) is 0 Å². The number of aromatic hydroxyl groups is 1. The minimum absolute atomic E-state index is 0.185. The molecular formula is C13H20N2O4. The lowest BCUT2D eigenvalue weighted by Gasteiger charge is -2.16. The molecule has 0 spiro atoms. The van der Waals surface area contributed by atoms with Crippen LogP contribution in [-0.4, -0.2) is 44.1 Å². The maximum absolute atomic E-state index is 11.8. The number of ether oxygens (including phenoxy) is 2. The van der Waals surface area contributed by atoms with Crippen LogP contribution in [0.4, 0.5) is 0 Å². The van der Waals surface area contributed by atoms with E-state index in [1.807, 2.05) is 0 Å². The van der Waals surface area contributed by atoms with Crippen molar-refractivity contribution in [2.24, 2.45) is 5.73 Å². The average molecular weight is 268 g/mol. The van der Waals surface area contributed by atoms with Gasteiger partial charge >= 0.3 is 0 Å². The normalized spacial score (nSPS) is 12.4. The van der Waals surface area contributed by atoms with E-state index in [9.17, 15) is 4.79 Å². The SMILES string of the molecule is COC(CNC(=O)[C@@H](N)Cc1ccc(O)cc1)OC. The van der Waals surface area contributed by atoms with Crippen molar-refractivity contribution in [3.63, 3.8) is 0 Å². The smallest absolute Gasteiger partial charge is 0.237 e. The molecule has 0 radical (unpaired) electrons. The van der Waals surface area contributed by atoms with E-state index in [0.717, 1.165) is 5.56 Å². The lowest BCUT2D eigenvalue weighted by atomic mass is 10.1. The number of hydrogen-bond donors (Lipinski definition) is 3. The Labute approximate surface area is 112 Å². The highest BCUT2D eigenvalue weighted by atomic mass is 16.7. The van der Waals surface area contributed by atoms with Crippen molar-refractivity contribution >= 4 is 5.91 Å². The van der Waals surface area contributed by atoms with Gasteiger partial charge in [0.25, 0.3) is 0 Å². The molecule has 0 aliphatic rings. The Morgan fingerprint density at radius 3 is 2.42 bits per heavy atom. The molecule has 1 rings (SSSR count). The van der Waals surface area contributed by atoms with Gasteiger partial charge in [-0.15, -0.1) is 0 Å². The van der Waals surface area contributed by atoms with Gasteiger partial charge in [0.05, 0.1) is 12.6 Å². The number of hydrogen-bond acceptors (Lipinski definition) is 5. The van der Waals surface area contributed by atoms with E-state index in [2.05, 4.69) is 5.32 Å². The van der Waals surface area contributed by atoms with Gasteiger partial charge in [-0.3, -0.25) is 4.79 Å². The highest BCUT2D eigenvalue weighted by molar-refractivity contribution is 5.81. The summed E-state index contributed by atoms with van der Waals surface area (Å²) in [5.74, 6) is -0.0861. The summed E-state index contributed by atoms with van der Waals surface area (Å²) in [4.78, 5) is 11.8. The summed E-state index contributed by atoms with van der Waals surface area (Å²) < 4.78 is 9.91. The van der Waals surface area contributed by atoms with Crippen molar-refractivity contribution < 1.29 is 19.4 Å². The Bertz CT molecular complexity index is 390. The van der Waals surface area contributed by atoms with Crippen LogP contribution in [-0.2, 0) is 20.7 Å². The van der Waals surface area contributed by atoms with Gasteiger partial charge in [0, 0.05) is 14.2 Å². The number of amides is 1. The predicted octanol–water partition coefficient (Wildman–Crippen LogP) is -0.00290. The van der Waals surface area contributed by atoms with Crippen molar-refractivity contribution in [3.8, 4) is 5.75 Å². The number of rotatable bonds is 7. The first kappa shape index (κ1) is 15.4. The van der Waals surface area contributed by atoms with E-state index >= 15 is 0 Å². The zero-order chi connectivity index (χ0) is 14.3. The fraction of sp³-hybridized carbons (Fsp3) is 0.462. The Balaban J connectivity index is 2.42. The second-order valence-electron chi connectivity index (χ2n) is 4.12. The Morgan fingerprint density at radius 1 is 1.32 bits per heavy atom. The summed E-state index contributed by atoms with van der Waals surface area (Å²) in [7, 11) is 2.99. The molecule has 0 unspecified atom stereocenters. The fourth-order valence-electron chi connectivity index (χ4n) is 1.56. The van der Waals surface area contributed by atoms with Crippen molar-refractivity contribution in [2.75, 3.05) is 20.8 Å². The zero-order valence-corrected chi connectivity index (χ0v) is 11.1. The van der Waals surface area contributed by atoms with Gasteiger partial charge in [0.15, 0.2) is 6.29 Å². The van der Waals surface area contributed by atoms with E-state index < -0.39 is 12.3 Å². The minimum Gasteiger partial charge on any atom is -0.508 e. The standard InChI is InChI=1S/C13H20N2O4/c1-18-12(19-2)8-15-13(17)11(14)7-9-3-5-10(16)6-4-9/h3-6,11-12,16H,7-8,14H2,1-2H3,(H,15,17)/t11-/m0/s1. The molecule has 0 fully saturated rings. The first-order valence-electron chi connectivity index (χ1n) is 5.93. The summed E-state index contributed by atoms with van der Waals surface area (Å²) in [6.45, 7) is 0.245. The van der Waals surface area contributed by atoms with E-state index in [1.165, 1.54) is 14.2 Å². The van der Waals surface area contributed by atoms with Crippen LogP contribution in [0.1, 0.15) is 5.56 Å². The van der Waals surface area contributed by atoms with Crippen LogP contribution in [0.5, 0.6) is 5.75 Å². The number of carbonyl (C=O) groups excluding carboxylic acids is 1. The maximum atomic E-state index is 11.8. The third-order valence-corrected chi connectivity index (χ3v) is 2.70. The summed E-state index contributed by atoms with van der Waals surface area (Å²) in [6, 6.07) is 5.93. The molecule has 0 heterocycles. The first-order chi connectivity index (χ1) is 9.06. The number of benzene rings is 1. The molecular weight excluding hydrogens is 248 g/mol. The number of nitrogens with one attached hydrogen (secondary N) is 1. The molecule has 4 N–H and O–H groups in total. The summed E-state index contributed by atoms with van der Waals surface area (Å²) in [6.07, 6.45) is -0.0821. The van der Waals surface area contributed by atoms with Gasteiger partial charge in [0.2, 0.25) is 5.91 Å². The topological polar surface area (TPSA) is 93.8 Å². The highest BCUT2D eigenvalue weighted by Crippen LogP contribution is 2.10. The Morgan fingerprint density at radius 2 is 1.89 bits per heavy atom. The molecule has 106 valence electrons. The molecule has 0 aliphatic heterocycles. The molecule has 1 amide bonds. The third-order valence-electron chi connectivity index (χ3n) is 2.70. The largest absolute Gasteiger partial charge is 0.508 e. The number of methoxy groups -OCH3 is 2. The first-order valence-corrected chi connectivity index (χ1v) is 5.93. The Hall–Kier alpha value is -1.63. The monoisotopic (exact) mass is 268 g/mol. The van der Waals surface area contributed by atoms with Gasteiger partial charge in [0.1, 0.15) is 5.75 Å². The molecule has 0 aliphatic carbocycles. The van der Waals surface area contributed by atoms with Crippen LogP contribution in [0.25, 0.3) is 0 Å².